The molecule has 0 spiro atoms. The maximum absolute atomic E-state index is 14.3. The molecule has 1 aromatic carbocycles. The second kappa shape index (κ2) is 7.55. The van der Waals surface area contributed by atoms with Crippen LogP contribution in [0.5, 0.6) is 0 Å². The van der Waals surface area contributed by atoms with Gasteiger partial charge in [0, 0.05) is 30.9 Å². The van der Waals surface area contributed by atoms with Crippen molar-refractivity contribution in [2.45, 2.75) is 18.5 Å². The molecule has 4 aromatic rings. The number of anilines is 5. The summed E-state index contributed by atoms with van der Waals surface area (Å²) >= 11 is 0. The van der Waals surface area contributed by atoms with E-state index in [0.717, 1.165) is 25.1 Å². The van der Waals surface area contributed by atoms with E-state index in [-0.39, 0.29) is 11.8 Å². The summed E-state index contributed by atoms with van der Waals surface area (Å²) in [6.45, 7) is 2.06. The molecule has 168 valence electrons. The van der Waals surface area contributed by atoms with Gasteiger partial charge in [0.2, 0.25) is 5.95 Å². The number of piperazine rings is 1. The number of likely N-dealkylation sites (N-methyl/N-ethyl adjacent to an activating group) is 1. The van der Waals surface area contributed by atoms with Crippen LogP contribution >= 0.6 is 0 Å². The maximum atomic E-state index is 14.3. The highest BCUT2D eigenvalue weighted by atomic mass is 19.1. The number of oxazole rings is 1. The minimum atomic E-state index is -0.608. The molecular weight excluding hydrogens is 427 g/mol. The number of nitrogens with zero attached hydrogens (tertiary/aromatic N) is 5. The number of hydrogen-bond acceptors (Lipinski definition) is 9. The summed E-state index contributed by atoms with van der Waals surface area (Å²) in [7, 11) is 2.17. The van der Waals surface area contributed by atoms with E-state index in [9.17, 15) is 9.18 Å². The zero-order chi connectivity index (χ0) is 22.5. The van der Waals surface area contributed by atoms with Crippen LogP contribution in [-0.2, 0) is 0 Å². The van der Waals surface area contributed by atoms with Crippen LogP contribution in [0.3, 0.4) is 0 Å². The van der Waals surface area contributed by atoms with Crippen molar-refractivity contribution >= 4 is 40.1 Å². The summed E-state index contributed by atoms with van der Waals surface area (Å²) in [5.74, 6) is 0.0266. The van der Waals surface area contributed by atoms with E-state index in [1.165, 1.54) is 6.42 Å². The van der Waals surface area contributed by atoms with Crippen LogP contribution in [0, 0.1) is 5.82 Å². The molecule has 5 heterocycles. The van der Waals surface area contributed by atoms with Gasteiger partial charge in [0.15, 0.2) is 17.2 Å². The van der Waals surface area contributed by atoms with Gasteiger partial charge in [-0.2, -0.15) is 4.98 Å². The van der Waals surface area contributed by atoms with Gasteiger partial charge in [-0.05, 0) is 43.8 Å². The average molecular weight is 448 g/mol. The van der Waals surface area contributed by atoms with Gasteiger partial charge in [0.05, 0.1) is 23.6 Å². The van der Waals surface area contributed by atoms with E-state index >= 15 is 0 Å². The number of fused-ring (bicyclic) bond motifs is 3. The molecule has 6 rings (SSSR count). The Morgan fingerprint density at radius 1 is 1.09 bits per heavy atom. The lowest BCUT2D eigenvalue weighted by atomic mass is 10.2. The van der Waals surface area contributed by atoms with Crippen LogP contribution in [0.2, 0.25) is 0 Å². The summed E-state index contributed by atoms with van der Waals surface area (Å²) in [6, 6.07) is 9.93. The van der Waals surface area contributed by atoms with Gasteiger partial charge in [-0.25, -0.2) is 19.2 Å². The first kappa shape index (κ1) is 19.7. The van der Waals surface area contributed by atoms with E-state index in [1.807, 2.05) is 12.1 Å². The van der Waals surface area contributed by atoms with Gasteiger partial charge < -0.3 is 20.0 Å². The second-order valence-electron chi connectivity index (χ2n) is 8.41. The Morgan fingerprint density at radius 3 is 2.73 bits per heavy atom. The summed E-state index contributed by atoms with van der Waals surface area (Å²) < 4.78 is 19.3. The number of halogens is 1. The average Bonchev–Trinajstić information content (AvgIpc) is 3.49. The Labute approximate surface area is 187 Å². The zero-order valence-electron chi connectivity index (χ0n) is 17.7. The number of benzene rings is 1. The lowest BCUT2D eigenvalue weighted by Crippen LogP contribution is -2.44. The molecule has 10 nitrogen and oxygen atoms in total. The first-order valence-corrected chi connectivity index (χ1v) is 10.6. The van der Waals surface area contributed by atoms with Crippen molar-refractivity contribution in [1.29, 1.82) is 0 Å². The highest BCUT2D eigenvalue weighted by Gasteiger charge is 2.41. The number of nitrogens with one attached hydrogen (secondary N) is 3. The molecule has 2 atom stereocenters. The van der Waals surface area contributed by atoms with Crippen LogP contribution in [0.1, 0.15) is 6.42 Å². The fraction of sp³-hybridized carbons (Fsp3) is 0.273. The first-order chi connectivity index (χ1) is 16.0. The number of pyridine rings is 1. The topological polar surface area (TPSA) is 115 Å². The van der Waals surface area contributed by atoms with Gasteiger partial charge in [0.25, 0.3) is 0 Å². The predicted molar refractivity (Wildman–Crippen MR) is 122 cm³/mol. The third-order valence-electron chi connectivity index (χ3n) is 6.24. The molecule has 2 saturated heterocycles. The molecule has 33 heavy (non-hydrogen) atoms. The number of H-pyrrole nitrogens is 1. The molecule has 0 aliphatic carbocycles. The van der Waals surface area contributed by atoms with Crippen LogP contribution in [0.25, 0.3) is 11.1 Å². The van der Waals surface area contributed by atoms with Crippen molar-refractivity contribution < 1.29 is 8.81 Å². The predicted octanol–water partition coefficient (Wildman–Crippen LogP) is 2.83. The van der Waals surface area contributed by atoms with Gasteiger partial charge in [-0.3, -0.25) is 9.88 Å². The van der Waals surface area contributed by atoms with Gasteiger partial charge in [-0.15, -0.1) is 0 Å². The largest absolute Gasteiger partial charge is 0.417 e. The Bertz CT molecular complexity index is 1380. The number of rotatable bonds is 5. The number of aromatic nitrogens is 4. The normalized spacial score (nSPS) is 20.0. The third kappa shape index (κ3) is 3.65. The van der Waals surface area contributed by atoms with Crippen molar-refractivity contribution in [2.24, 2.45) is 0 Å². The summed E-state index contributed by atoms with van der Waals surface area (Å²) in [6.07, 6.45) is 4.00. The van der Waals surface area contributed by atoms with Crippen molar-refractivity contribution in [3.63, 3.8) is 0 Å². The lowest BCUT2D eigenvalue weighted by Gasteiger charge is -2.32. The van der Waals surface area contributed by atoms with Crippen molar-refractivity contribution in [1.82, 2.24) is 24.8 Å². The van der Waals surface area contributed by atoms with E-state index in [2.05, 4.69) is 47.4 Å². The quantitative estimate of drug-likeness (QED) is 0.424. The van der Waals surface area contributed by atoms with Gasteiger partial charge in [0.1, 0.15) is 5.82 Å². The van der Waals surface area contributed by atoms with Gasteiger partial charge in [-0.1, -0.05) is 0 Å². The van der Waals surface area contributed by atoms with Crippen molar-refractivity contribution in [2.75, 3.05) is 35.7 Å². The lowest BCUT2D eigenvalue weighted by molar-refractivity contribution is 0.292. The highest BCUT2D eigenvalue weighted by molar-refractivity contribution is 5.78. The fourth-order valence-electron chi connectivity index (χ4n) is 4.59. The molecule has 2 fully saturated rings. The van der Waals surface area contributed by atoms with E-state index in [0.29, 0.717) is 34.6 Å². The second-order valence-corrected chi connectivity index (χ2v) is 8.41. The molecule has 0 amide bonds. The molecule has 2 bridgehead atoms. The molecular formula is C22H21FN8O2. The molecule has 2 aliphatic rings. The monoisotopic (exact) mass is 448 g/mol. The fourth-order valence-corrected chi connectivity index (χ4v) is 4.59. The molecule has 0 unspecified atom stereocenters. The minimum Gasteiger partial charge on any atom is -0.408 e. The molecule has 0 saturated carbocycles. The zero-order valence-corrected chi connectivity index (χ0v) is 17.7. The Balaban J connectivity index is 1.17. The molecule has 2 aliphatic heterocycles. The third-order valence-corrected chi connectivity index (χ3v) is 6.24. The Hall–Kier alpha value is -3.99. The van der Waals surface area contributed by atoms with Crippen LogP contribution < -0.4 is 21.3 Å². The van der Waals surface area contributed by atoms with Crippen LogP contribution in [0.15, 0.2) is 51.9 Å². The minimum absolute atomic E-state index is 0.000479. The molecule has 3 aromatic heterocycles. The molecule has 3 N–H and O–H groups in total. The number of likely N-dealkylation sites (tertiary alicyclic amines) is 1. The smallest absolute Gasteiger partial charge is 0.408 e. The first-order valence-electron chi connectivity index (χ1n) is 10.6. The van der Waals surface area contributed by atoms with Crippen molar-refractivity contribution in [3.05, 3.63) is 59.1 Å². The van der Waals surface area contributed by atoms with Crippen molar-refractivity contribution in [3.8, 4) is 0 Å². The Kier molecular flexibility index (Phi) is 4.50. The van der Waals surface area contributed by atoms with E-state index < -0.39 is 11.6 Å². The van der Waals surface area contributed by atoms with Crippen LogP contribution in [0.4, 0.5) is 33.3 Å². The maximum Gasteiger partial charge on any atom is 0.417 e. The van der Waals surface area contributed by atoms with E-state index in [4.69, 9.17) is 4.42 Å². The summed E-state index contributed by atoms with van der Waals surface area (Å²) in [5, 5.41) is 5.98. The SMILES string of the molecule is CN1C[C@@H]2C[C@H]1CN2c1ccc(Nc2ncc(F)c(Nc3ccc4oc(=O)[nH]c4c3)n2)cn1. The van der Waals surface area contributed by atoms with Crippen LogP contribution in [-0.4, -0.2) is 57.1 Å². The number of hydrogen-bond donors (Lipinski definition) is 3. The standard InChI is InChI=1S/C22H21FN8O2/c1-30-10-15-7-14(30)11-31(15)19-5-3-13(8-24-19)27-21-25-9-16(23)20(29-21)26-12-2-4-18-17(6-12)28-22(32)33-18/h2-6,8-9,14-15H,7,10-11H2,1H3,(H,28,32)(H2,25,26,27,29)/t14-,15-/m0/s1. The summed E-state index contributed by atoms with van der Waals surface area (Å²) in [4.78, 5) is 31.5. The van der Waals surface area contributed by atoms with E-state index in [1.54, 1.807) is 24.4 Å². The van der Waals surface area contributed by atoms with Gasteiger partial charge >= 0.3 is 5.76 Å². The summed E-state index contributed by atoms with van der Waals surface area (Å²) in [5.41, 5.74) is 2.16. The number of aromatic amines is 1. The Morgan fingerprint density at radius 2 is 1.97 bits per heavy atom. The highest BCUT2D eigenvalue weighted by Crippen LogP contribution is 2.33. The molecule has 11 heteroatoms. The molecule has 0 radical (unpaired) electrons.